The van der Waals surface area contributed by atoms with E-state index in [-0.39, 0.29) is 18.1 Å². The second-order valence-electron chi connectivity index (χ2n) is 6.35. The zero-order valence-electron chi connectivity index (χ0n) is 13.8. The van der Waals surface area contributed by atoms with Crippen LogP contribution in [0, 0.1) is 5.92 Å². The van der Waals surface area contributed by atoms with Crippen molar-refractivity contribution in [2.24, 2.45) is 5.92 Å². The van der Waals surface area contributed by atoms with Gasteiger partial charge in [0.15, 0.2) is 0 Å². The molecule has 1 N–H and O–H groups in total. The van der Waals surface area contributed by atoms with Crippen molar-refractivity contribution < 1.29 is 9.53 Å². The minimum Gasteiger partial charge on any atom is -0.379 e. The smallest absolute Gasteiger partial charge is 0.241 e. The molecule has 4 heteroatoms. The average molecular weight is 284 g/mol. The first-order valence-electron chi connectivity index (χ1n) is 8.15. The van der Waals surface area contributed by atoms with Crippen LogP contribution in [0.5, 0.6) is 0 Å². The lowest BCUT2D eigenvalue weighted by Gasteiger charge is -2.23. The molecule has 0 aromatic rings. The molecule has 1 heterocycles. The van der Waals surface area contributed by atoms with E-state index in [1.54, 1.807) is 0 Å². The summed E-state index contributed by atoms with van der Waals surface area (Å²) in [4.78, 5) is 14.5. The number of amides is 1. The van der Waals surface area contributed by atoms with E-state index in [9.17, 15) is 4.79 Å². The number of nitrogens with zero attached hydrogens (tertiary/aromatic N) is 1. The molecule has 0 bridgehead atoms. The largest absolute Gasteiger partial charge is 0.379 e. The fourth-order valence-corrected chi connectivity index (χ4v) is 2.66. The van der Waals surface area contributed by atoms with Gasteiger partial charge in [-0.25, -0.2) is 0 Å². The van der Waals surface area contributed by atoms with Crippen molar-refractivity contribution >= 4 is 5.91 Å². The summed E-state index contributed by atoms with van der Waals surface area (Å²) in [6.45, 7) is 12.1. The first-order chi connectivity index (χ1) is 9.47. The van der Waals surface area contributed by atoms with Gasteiger partial charge in [-0.2, -0.15) is 0 Å². The molecule has 0 spiro atoms. The highest BCUT2D eigenvalue weighted by molar-refractivity contribution is 5.84. The molecule has 1 fully saturated rings. The van der Waals surface area contributed by atoms with E-state index in [0.29, 0.717) is 12.0 Å². The molecule has 1 rings (SSSR count). The van der Waals surface area contributed by atoms with Crippen LogP contribution in [-0.2, 0) is 9.53 Å². The standard InChI is InChI=1S/C16H32N2O2/c1-6-9-14-17-15(12(2)3)16(19)18(14)10-7-8-11-20-13(4)5/h12-15,17H,6-11H2,1-5H3. The first kappa shape index (κ1) is 17.4. The van der Waals surface area contributed by atoms with E-state index in [1.165, 1.54) is 0 Å². The van der Waals surface area contributed by atoms with Gasteiger partial charge in [0, 0.05) is 13.2 Å². The molecule has 0 aromatic heterocycles. The van der Waals surface area contributed by atoms with Crippen LogP contribution in [0.3, 0.4) is 0 Å². The lowest BCUT2D eigenvalue weighted by atomic mass is 10.1. The number of hydrogen-bond acceptors (Lipinski definition) is 3. The monoisotopic (exact) mass is 284 g/mol. The van der Waals surface area contributed by atoms with Crippen molar-refractivity contribution in [2.75, 3.05) is 13.2 Å². The molecule has 1 aliphatic rings. The van der Waals surface area contributed by atoms with Gasteiger partial charge in [-0.15, -0.1) is 0 Å². The molecule has 1 saturated heterocycles. The third kappa shape index (κ3) is 5.06. The Bertz CT molecular complexity index is 292. The van der Waals surface area contributed by atoms with E-state index in [4.69, 9.17) is 4.74 Å². The van der Waals surface area contributed by atoms with Gasteiger partial charge in [-0.3, -0.25) is 10.1 Å². The number of ether oxygens (including phenoxy) is 1. The lowest BCUT2D eigenvalue weighted by Crippen LogP contribution is -2.38. The Morgan fingerprint density at radius 3 is 2.50 bits per heavy atom. The van der Waals surface area contributed by atoms with E-state index in [0.717, 1.165) is 38.8 Å². The third-order valence-electron chi connectivity index (χ3n) is 3.77. The number of carbonyl (C=O) groups is 1. The molecule has 2 atom stereocenters. The normalized spacial score (nSPS) is 23.4. The average Bonchev–Trinajstić information content (AvgIpc) is 2.67. The second kappa shape index (κ2) is 8.63. The molecule has 118 valence electrons. The SMILES string of the molecule is CCCC1NC(C(C)C)C(=O)N1CCCCOC(C)C. The van der Waals surface area contributed by atoms with E-state index in [2.05, 4.69) is 39.9 Å². The van der Waals surface area contributed by atoms with Crippen molar-refractivity contribution in [2.45, 2.75) is 78.6 Å². The Morgan fingerprint density at radius 1 is 1.25 bits per heavy atom. The van der Waals surface area contributed by atoms with Gasteiger partial charge in [0.2, 0.25) is 5.91 Å². The predicted molar refractivity (Wildman–Crippen MR) is 82.5 cm³/mol. The van der Waals surface area contributed by atoms with E-state index in [1.807, 2.05) is 4.90 Å². The third-order valence-corrected chi connectivity index (χ3v) is 3.77. The fourth-order valence-electron chi connectivity index (χ4n) is 2.66. The lowest BCUT2D eigenvalue weighted by molar-refractivity contribution is -0.130. The number of rotatable bonds is 9. The Labute approximate surface area is 124 Å². The van der Waals surface area contributed by atoms with Gasteiger partial charge >= 0.3 is 0 Å². The molecular formula is C16H32N2O2. The van der Waals surface area contributed by atoms with Crippen LogP contribution >= 0.6 is 0 Å². The Hall–Kier alpha value is -0.610. The second-order valence-corrected chi connectivity index (χ2v) is 6.35. The highest BCUT2D eigenvalue weighted by atomic mass is 16.5. The summed E-state index contributed by atoms with van der Waals surface area (Å²) in [6, 6.07) is -0.00142. The summed E-state index contributed by atoms with van der Waals surface area (Å²) in [5, 5.41) is 3.50. The molecule has 0 saturated carbocycles. The molecule has 4 nitrogen and oxygen atoms in total. The van der Waals surface area contributed by atoms with Crippen molar-refractivity contribution in [1.82, 2.24) is 10.2 Å². The molecular weight excluding hydrogens is 252 g/mol. The number of hydrogen-bond donors (Lipinski definition) is 1. The fraction of sp³-hybridized carbons (Fsp3) is 0.938. The van der Waals surface area contributed by atoms with Crippen LogP contribution in [0.15, 0.2) is 0 Å². The minimum atomic E-state index is -0.00142. The summed E-state index contributed by atoms with van der Waals surface area (Å²) in [7, 11) is 0. The maximum Gasteiger partial charge on any atom is 0.241 e. The van der Waals surface area contributed by atoms with Crippen LogP contribution in [0.2, 0.25) is 0 Å². The Kier molecular flexibility index (Phi) is 7.52. The van der Waals surface area contributed by atoms with Gasteiger partial charge in [0.25, 0.3) is 0 Å². The van der Waals surface area contributed by atoms with Crippen molar-refractivity contribution in [3.63, 3.8) is 0 Å². The number of nitrogens with one attached hydrogen (secondary N) is 1. The van der Waals surface area contributed by atoms with Crippen LogP contribution in [0.1, 0.15) is 60.3 Å². The molecule has 2 unspecified atom stereocenters. The Morgan fingerprint density at radius 2 is 1.95 bits per heavy atom. The summed E-state index contributed by atoms with van der Waals surface area (Å²) >= 11 is 0. The highest BCUT2D eigenvalue weighted by Gasteiger charge is 2.39. The van der Waals surface area contributed by atoms with Crippen molar-refractivity contribution in [3.8, 4) is 0 Å². The van der Waals surface area contributed by atoms with Gasteiger partial charge < -0.3 is 9.64 Å². The predicted octanol–water partition coefficient (Wildman–Crippen LogP) is 2.77. The van der Waals surface area contributed by atoms with Crippen LogP contribution < -0.4 is 5.32 Å². The molecule has 0 aromatic carbocycles. The molecule has 1 amide bonds. The zero-order valence-corrected chi connectivity index (χ0v) is 13.8. The minimum absolute atomic E-state index is 0.00142. The van der Waals surface area contributed by atoms with Crippen molar-refractivity contribution in [3.05, 3.63) is 0 Å². The van der Waals surface area contributed by atoms with E-state index >= 15 is 0 Å². The molecule has 1 aliphatic heterocycles. The van der Waals surface area contributed by atoms with Crippen LogP contribution in [0.25, 0.3) is 0 Å². The van der Waals surface area contributed by atoms with E-state index < -0.39 is 0 Å². The van der Waals surface area contributed by atoms with Crippen LogP contribution in [-0.4, -0.2) is 42.3 Å². The topological polar surface area (TPSA) is 41.6 Å². The van der Waals surface area contributed by atoms with Gasteiger partial charge in [0.05, 0.1) is 18.3 Å². The van der Waals surface area contributed by atoms with Gasteiger partial charge in [-0.1, -0.05) is 27.2 Å². The first-order valence-corrected chi connectivity index (χ1v) is 8.15. The summed E-state index contributed by atoms with van der Waals surface area (Å²) in [5.74, 6) is 0.638. The summed E-state index contributed by atoms with van der Waals surface area (Å²) in [5.41, 5.74) is 0. The number of carbonyl (C=O) groups excluding carboxylic acids is 1. The highest BCUT2D eigenvalue weighted by Crippen LogP contribution is 2.20. The number of unbranched alkanes of at least 4 members (excludes halogenated alkanes) is 1. The summed E-state index contributed by atoms with van der Waals surface area (Å²) < 4.78 is 5.55. The van der Waals surface area contributed by atoms with Gasteiger partial charge in [0.1, 0.15) is 0 Å². The van der Waals surface area contributed by atoms with Crippen molar-refractivity contribution in [1.29, 1.82) is 0 Å². The molecule has 0 radical (unpaired) electrons. The molecule has 20 heavy (non-hydrogen) atoms. The maximum atomic E-state index is 12.4. The summed E-state index contributed by atoms with van der Waals surface area (Å²) in [6.07, 6.45) is 4.70. The maximum absolute atomic E-state index is 12.4. The van der Waals surface area contributed by atoms with Gasteiger partial charge in [-0.05, 0) is 39.0 Å². The Balaban J connectivity index is 2.41. The van der Waals surface area contributed by atoms with Crippen LogP contribution in [0.4, 0.5) is 0 Å². The molecule has 0 aliphatic carbocycles. The quantitative estimate of drug-likeness (QED) is 0.662. The zero-order chi connectivity index (χ0) is 15.1.